The Kier molecular flexibility index (Phi) is 4.50. The van der Waals surface area contributed by atoms with E-state index in [2.05, 4.69) is 0 Å². The summed E-state index contributed by atoms with van der Waals surface area (Å²) in [6, 6.07) is 12.6. The Morgan fingerprint density at radius 2 is 1.75 bits per heavy atom. The van der Waals surface area contributed by atoms with Crippen molar-refractivity contribution in [1.29, 1.82) is 0 Å². The fraction of sp³-hybridized carbons (Fsp3) is 0.188. The lowest BCUT2D eigenvalue weighted by Gasteiger charge is -2.21. The molecule has 1 atom stereocenters. The molecule has 1 unspecified atom stereocenters. The first-order valence-electron chi connectivity index (χ1n) is 6.42. The molecule has 0 bridgehead atoms. The van der Waals surface area contributed by atoms with Crippen molar-refractivity contribution in [2.24, 2.45) is 0 Å². The molecule has 2 rings (SSSR count). The lowest BCUT2D eigenvalue weighted by atomic mass is 10.1. The maximum absolute atomic E-state index is 12.1. The zero-order chi connectivity index (χ0) is 14.5. The Labute approximate surface area is 118 Å². The maximum Gasteiger partial charge on any atom is 0.194 e. The van der Waals surface area contributed by atoms with Gasteiger partial charge in [-0.2, -0.15) is 0 Å². The number of rotatable bonds is 5. The van der Waals surface area contributed by atoms with Gasteiger partial charge in [-0.15, -0.1) is 5.23 Å². The van der Waals surface area contributed by atoms with Crippen molar-refractivity contribution in [2.45, 2.75) is 20.3 Å². The van der Waals surface area contributed by atoms with E-state index in [1.165, 1.54) is 0 Å². The van der Waals surface area contributed by atoms with Gasteiger partial charge in [-0.1, -0.05) is 35.4 Å². The summed E-state index contributed by atoms with van der Waals surface area (Å²) in [5, 5.41) is 11.6. The van der Waals surface area contributed by atoms with Gasteiger partial charge in [0.15, 0.2) is 11.4 Å². The Bertz CT molecular complexity index is 593. The number of nitrogens with one attached hydrogen (secondary N) is 1. The Balaban J connectivity index is 2.20. The third kappa shape index (κ3) is 3.44. The van der Waals surface area contributed by atoms with Crippen LogP contribution in [0.2, 0.25) is 0 Å². The van der Waals surface area contributed by atoms with Crippen LogP contribution in [0.1, 0.15) is 16.7 Å². The molecule has 0 fully saturated rings. The summed E-state index contributed by atoms with van der Waals surface area (Å²) in [4.78, 5) is 16.1. The molecule has 0 amide bonds. The van der Waals surface area contributed by atoms with Gasteiger partial charge in [0.25, 0.3) is 0 Å². The second kappa shape index (κ2) is 6.32. The predicted molar refractivity (Wildman–Crippen MR) is 76.7 cm³/mol. The molecule has 0 radical (unpaired) electrons. The van der Waals surface area contributed by atoms with Crippen molar-refractivity contribution in [3.63, 3.8) is 0 Å². The molecule has 0 spiro atoms. The van der Waals surface area contributed by atoms with Crippen molar-refractivity contribution in [1.82, 2.24) is 0 Å². The molecular weight excluding hydrogens is 254 g/mol. The van der Waals surface area contributed by atoms with Gasteiger partial charge in [0, 0.05) is 24.1 Å². The summed E-state index contributed by atoms with van der Waals surface area (Å²) in [6.45, 7) is 3.89. The van der Waals surface area contributed by atoms with Crippen LogP contribution in [0.5, 0.6) is 5.75 Å². The quantitative estimate of drug-likeness (QED) is 0.669. The van der Waals surface area contributed by atoms with Gasteiger partial charge in [-0.3, -0.25) is 0 Å². The predicted octanol–water partition coefficient (Wildman–Crippen LogP) is 2.05. The average molecular weight is 271 g/mol. The summed E-state index contributed by atoms with van der Waals surface area (Å²) >= 11 is 0. The van der Waals surface area contributed by atoms with E-state index in [1.54, 1.807) is 18.2 Å². The smallest absolute Gasteiger partial charge is 0.194 e. The van der Waals surface area contributed by atoms with E-state index < -0.39 is 5.23 Å². The first-order valence-corrected chi connectivity index (χ1v) is 6.42. The van der Waals surface area contributed by atoms with Crippen LogP contribution in [0.4, 0.5) is 5.69 Å². The average Bonchev–Trinajstić information content (AvgIpc) is 2.43. The van der Waals surface area contributed by atoms with Gasteiger partial charge in [0.2, 0.25) is 0 Å². The summed E-state index contributed by atoms with van der Waals surface area (Å²) in [5.74, 6) is 0.438. The van der Waals surface area contributed by atoms with E-state index in [4.69, 9.17) is 4.84 Å². The van der Waals surface area contributed by atoms with Crippen LogP contribution in [0.3, 0.4) is 0 Å². The summed E-state index contributed by atoms with van der Waals surface area (Å²) in [6.07, 6.45) is 1.04. The van der Waals surface area contributed by atoms with Gasteiger partial charge >= 0.3 is 0 Å². The summed E-state index contributed by atoms with van der Waals surface area (Å²) in [5.41, 5.74) is 3.32. The van der Waals surface area contributed by atoms with E-state index in [-0.39, 0.29) is 6.42 Å². The normalized spacial score (nSPS) is 11.9. The Hall–Kier alpha value is -2.17. The van der Waals surface area contributed by atoms with Crippen LogP contribution in [0.15, 0.2) is 42.5 Å². The maximum atomic E-state index is 12.1. The van der Waals surface area contributed by atoms with E-state index in [0.29, 0.717) is 11.4 Å². The Morgan fingerprint density at radius 3 is 2.40 bits per heavy atom. The third-order valence-corrected chi connectivity index (χ3v) is 3.01. The van der Waals surface area contributed by atoms with Crippen molar-refractivity contribution >= 4 is 12.0 Å². The van der Waals surface area contributed by atoms with Crippen LogP contribution in [0.25, 0.3) is 0 Å². The first-order chi connectivity index (χ1) is 9.60. The highest BCUT2D eigenvalue weighted by molar-refractivity contribution is 5.58. The number of carbonyl (C=O) groups excluding carboxylic acids is 1. The van der Waals surface area contributed by atoms with Crippen molar-refractivity contribution < 1.29 is 14.9 Å². The third-order valence-electron chi connectivity index (χ3n) is 3.01. The molecule has 0 aliphatic rings. The highest BCUT2D eigenvalue weighted by atomic mass is 16.9. The molecule has 0 aliphatic heterocycles. The molecule has 0 heterocycles. The van der Waals surface area contributed by atoms with Crippen molar-refractivity contribution in [3.8, 4) is 5.75 Å². The molecule has 2 aromatic rings. The molecule has 4 heteroatoms. The fourth-order valence-electron chi connectivity index (χ4n) is 1.91. The van der Waals surface area contributed by atoms with Crippen molar-refractivity contribution in [3.05, 3.63) is 64.4 Å². The molecule has 0 aliphatic carbocycles. The summed E-state index contributed by atoms with van der Waals surface area (Å²) in [7, 11) is 0. The number of aryl methyl sites for hydroxylation is 2. The SMILES string of the molecule is Cc1ccc([NH+]([O-])Oc2ccc(C)cc2CC=O)cc1. The lowest BCUT2D eigenvalue weighted by molar-refractivity contribution is -0.963. The monoisotopic (exact) mass is 271 g/mol. The van der Waals surface area contributed by atoms with Crippen LogP contribution in [0, 0.1) is 19.1 Å². The van der Waals surface area contributed by atoms with Crippen LogP contribution < -0.4 is 10.1 Å². The van der Waals surface area contributed by atoms with E-state index in [1.807, 2.05) is 38.1 Å². The lowest BCUT2D eigenvalue weighted by Crippen LogP contribution is -3.04. The second-order valence-corrected chi connectivity index (χ2v) is 4.74. The van der Waals surface area contributed by atoms with Crippen LogP contribution >= 0.6 is 0 Å². The molecule has 104 valence electrons. The van der Waals surface area contributed by atoms with Gasteiger partial charge in [-0.25, -0.2) is 0 Å². The Morgan fingerprint density at radius 1 is 1.10 bits per heavy atom. The molecule has 0 aromatic heterocycles. The number of benzene rings is 2. The minimum absolute atomic E-state index is 0.234. The minimum atomic E-state index is -0.416. The molecule has 4 nitrogen and oxygen atoms in total. The summed E-state index contributed by atoms with van der Waals surface area (Å²) < 4.78 is 0. The standard InChI is InChI=1S/C16H17NO3/c1-12-3-6-15(7-4-12)17(19)20-16-8-5-13(2)11-14(16)9-10-18/h3-8,10-11,17H,9H2,1-2H3. The highest BCUT2D eigenvalue weighted by Crippen LogP contribution is 2.19. The number of carbonyl (C=O) groups is 1. The number of quaternary nitrogens is 1. The number of hydrogen-bond donors (Lipinski definition) is 1. The number of aldehydes is 1. The zero-order valence-electron chi connectivity index (χ0n) is 11.6. The van der Waals surface area contributed by atoms with E-state index in [9.17, 15) is 10.0 Å². The van der Waals surface area contributed by atoms with Gasteiger partial charge in [-0.05, 0) is 19.9 Å². The molecule has 2 aromatic carbocycles. The van der Waals surface area contributed by atoms with Gasteiger partial charge in [0.05, 0.1) is 0 Å². The molecular formula is C16H17NO3. The van der Waals surface area contributed by atoms with E-state index >= 15 is 0 Å². The highest BCUT2D eigenvalue weighted by Gasteiger charge is 2.10. The molecule has 1 N–H and O–H groups in total. The van der Waals surface area contributed by atoms with Crippen LogP contribution in [-0.4, -0.2) is 6.29 Å². The minimum Gasteiger partial charge on any atom is -0.585 e. The molecule has 20 heavy (non-hydrogen) atoms. The molecule has 0 saturated heterocycles. The largest absolute Gasteiger partial charge is 0.585 e. The van der Waals surface area contributed by atoms with Gasteiger partial charge < -0.3 is 14.8 Å². The number of hydrogen-bond acceptors (Lipinski definition) is 3. The first kappa shape index (κ1) is 14.2. The fourth-order valence-corrected chi connectivity index (χ4v) is 1.91. The molecule has 0 saturated carbocycles. The topological polar surface area (TPSA) is 53.8 Å². The van der Waals surface area contributed by atoms with Crippen LogP contribution in [-0.2, 0) is 11.2 Å². The van der Waals surface area contributed by atoms with Crippen molar-refractivity contribution in [2.75, 3.05) is 0 Å². The zero-order valence-corrected chi connectivity index (χ0v) is 11.6. The second-order valence-electron chi connectivity index (χ2n) is 4.74. The van der Waals surface area contributed by atoms with Gasteiger partial charge in [0.1, 0.15) is 6.29 Å². The van der Waals surface area contributed by atoms with E-state index in [0.717, 1.165) is 23.0 Å².